The highest BCUT2D eigenvalue weighted by Gasteiger charge is 2.66. The molecule has 0 radical (unpaired) electrons. The molecule has 24 heavy (non-hydrogen) atoms. The van der Waals surface area contributed by atoms with Gasteiger partial charge in [0.2, 0.25) is 0 Å². The Labute approximate surface area is 137 Å². The number of aliphatic hydroxyl groups is 5. The molecule has 0 saturated carbocycles. The molecule has 10 nitrogen and oxygen atoms in total. The monoisotopic (exact) mass is 349 g/mol. The van der Waals surface area contributed by atoms with E-state index in [1.54, 1.807) is 0 Å². The first-order chi connectivity index (χ1) is 10.7. The summed E-state index contributed by atoms with van der Waals surface area (Å²) in [6.07, 6.45) is -7.53. The molecule has 2 unspecified atom stereocenters. The van der Waals surface area contributed by atoms with E-state index in [0.29, 0.717) is 13.8 Å². The van der Waals surface area contributed by atoms with Crippen LogP contribution in [0.5, 0.6) is 0 Å². The van der Waals surface area contributed by atoms with Gasteiger partial charge >= 0.3 is 0 Å². The van der Waals surface area contributed by atoms with Gasteiger partial charge in [-0.15, -0.1) is 0 Å². The first kappa shape index (κ1) is 22.4. The second kappa shape index (κ2) is 7.55. The molecule has 0 aliphatic heterocycles. The molecule has 138 valence electrons. The molecule has 0 spiro atoms. The molecule has 0 aromatic rings. The fourth-order valence-electron chi connectivity index (χ4n) is 2.34. The van der Waals surface area contributed by atoms with Gasteiger partial charge < -0.3 is 31.3 Å². The predicted octanol–water partition coefficient (Wildman–Crippen LogP) is -3.79. The summed E-state index contributed by atoms with van der Waals surface area (Å²) in [5.74, 6) is -4.84. The van der Waals surface area contributed by atoms with E-state index in [1.165, 1.54) is 0 Å². The van der Waals surface area contributed by atoms with Crippen molar-refractivity contribution in [2.24, 2.45) is 5.73 Å². The molecule has 0 aliphatic rings. The van der Waals surface area contributed by atoms with Crippen LogP contribution in [-0.4, -0.2) is 84.2 Å². The summed E-state index contributed by atoms with van der Waals surface area (Å²) in [6.45, 7) is 3.05. The molecule has 0 bridgehead atoms. The molecular weight excluding hydrogens is 326 g/mol. The number of hydrogen-bond acceptors (Lipinski definition) is 10. The van der Waals surface area contributed by atoms with E-state index >= 15 is 0 Å². The summed E-state index contributed by atoms with van der Waals surface area (Å²) in [5, 5.41) is 50.9. The smallest absolute Gasteiger partial charge is 0.190 e. The third-order valence-corrected chi connectivity index (χ3v) is 4.04. The van der Waals surface area contributed by atoms with Gasteiger partial charge in [-0.2, -0.15) is 0 Å². The summed E-state index contributed by atoms with van der Waals surface area (Å²) in [7, 11) is 0. The van der Waals surface area contributed by atoms with Crippen molar-refractivity contribution in [3.05, 3.63) is 0 Å². The molecule has 0 fully saturated rings. The van der Waals surface area contributed by atoms with Gasteiger partial charge in [0.25, 0.3) is 0 Å². The molecule has 0 heterocycles. The molecule has 0 saturated heterocycles. The quantitative estimate of drug-likeness (QED) is 0.240. The zero-order valence-electron chi connectivity index (χ0n) is 13.8. The number of hydrogen-bond donors (Lipinski definition) is 6. The topological polar surface area (TPSA) is 195 Å². The van der Waals surface area contributed by atoms with E-state index in [1.807, 2.05) is 0 Å². The van der Waals surface area contributed by atoms with Crippen molar-refractivity contribution >= 4 is 23.1 Å². The minimum absolute atomic E-state index is 0.649. The molecule has 7 N–H and O–H groups in total. The van der Waals surface area contributed by atoms with Gasteiger partial charge in [0, 0.05) is 0 Å². The van der Waals surface area contributed by atoms with Gasteiger partial charge in [0.15, 0.2) is 28.6 Å². The molecule has 0 aliphatic carbocycles. The second-order valence-corrected chi connectivity index (χ2v) is 5.73. The van der Waals surface area contributed by atoms with Crippen molar-refractivity contribution in [1.29, 1.82) is 0 Å². The van der Waals surface area contributed by atoms with Gasteiger partial charge in [0.05, 0.1) is 6.04 Å². The number of nitrogens with two attached hydrogens (primary N) is 1. The number of carbonyl (C=O) groups is 4. The number of carbonyl (C=O) groups excluding carboxylic acids is 4. The van der Waals surface area contributed by atoms with E-state index in [2.05, 4.69) is 0 Å². The van der Waals surface area contributed by atoms with E-state index in [4.69, 9.17) is 5.73 Å². The maximum absolute atomic E-state index is 11.9. The highest BCUT2D eigenvalue weighted by atomic mass is 16.4. The standard InChI is InChI=1S/C14H23NO9/c1-5(16)9(15)11(21)13(23,7(3)18)14(24,8(4)19)12(22)10(20)6(2)17/h9-12,20-24H,15H2,1-4H3/t9?,10?,11-,12+,13+,14+/m0/s1. The van der Waals surface area contributed by atoms with E-state index in [0.717, 1.165) is 13.8 Å². The normalized spacial score (nSPS) is 21.6. The Morgan fingerprint density at radius 3 is 1.33 bits per heavy atom. The number of ketones is 4. The summed E-state index contributed by atoms with van der Waals surface area (Å²) >= 11 is 0. The maximum atomic E-state index is 11.9. The van der Waals surface area contributed by atoms with Crippen LogP contribution in [0.1, 0.15) is 27.7 Å². The highest BCUT2D eigenvalue weighted by Crippen LogP contribution is 2.34. The Balaban J connectivity index is 6.49. The summed E-state index contributed by atoms with van der Waals surface area (Å²) in [5.41, 5.74) is -1.59. The fraction of sp³-hybridized carbons (Fsp3) is 0.714. The zero-order chi connectivity index (χ0) is 19.6. The number of Topliss-reactive ketones (excluding diaryl/α,β-unsaturated/α-hetero) is 4. The van der Waals surface area contributed by atoms with Crippen molar-refractivity contribution in [3.63, 3.8) is 0 Å². The fourth-order valence-corrected chi connectivity index (χ4v) is 2.34. The Morgan fingerprint density at radius 1 is 0.750 bits per heavy atom. The lowest BCUT2D eigenvalue weighted by Gasteiger charge is -2.46. The Bertz CT molecular complexity index is 500. The van der Waals surface area contributed by atoms with Crippen LogP contribution in [0.15, 0.2) is 0 Å². The number of rotatable bonds is 9. The summed E-state index contributed by atoms with van der Waals surface area (Å²) < 4.78 is 0. The minimum Gasteiger partial charge on any atom is -0.387 e. The zero-order valence-corrected chi connectivity index (χ0v) is 13.8. The van der Waals surface area contributed by atoms with Crippen LogP contribution in [0.2, 0.25) is 0 Å². The highest BCUT2D eigenvalue weighted by molar-refractivity contribution is 6.00. The van der Waals surface area contributed by atoms with Gasteiger partial charge in [-0.1, -0.05) is 0 Å². The Morgan fingerprint density at radius 2 is 1.08 bits per heavy atom. The average molecular weight is 349 g/mol. The van der Waals surface area contributed by atoms with Crippen molar-refractivity contribution in [2.75, 3.05) is 0 Å². The Kier molecular flexibility index (Phi) is 7.06. The third kappa shape index (κ3) is 3.43. The molecular formula is C14H23NO9. The first-order valence-corrected chi connectivity index (χ1v) is 6.94. The van der Waals surface area contributed by atoms with Gasteiger partial charge in [0.1, 0.15) is 24.1 Å². The van der Waals surface area contributed by atoms with Crippen LogP contribution in [0, 0.1) is 0 Å². The lowest BCUT2D eigenvalue weighted by Crippen LogP contribution is -2.77. The Hall–Kier alpha value is -1.56. The van der Waals surface area contributed by atoms with Crippen molar-refractivity contribution in [3.8, 4) is 0 Å². The van der Waals surface area contributed by atoms with Crippen molar-refractivity contribution < 1.29 is 44.7 Å². The lowest BCUT2D eigenvalue weighted by molar-refractivity contribution is -0.238. The summed E-state index contributed by atoms with van der Waals surface area (Å²) in [6, 6.07) is -1.90. The minimum atomic E-state index is -3.50. The van der Waals surface area contributed by atoms with Crippen LogP contribution in [-0.2, 0) is 19.2 Å². The molecule has 0 amide bonds. The van der Waals surface area contributed by atoms with Gasteiger partial charge in [-0.25, -0.2) is 0 Å². The van der Waals surface area contributed by atoms with Crippen LogP contribution >= 0.6 is 0 Å². The van der Waals surface area contributed by atoms with E-state index < -0.39 is 58.7 Å². The largest absolute Gasteiger partial charge is 0.387 e. The maximum Gasteiger partial charge on any atom is 0.190 e. The number of aliphatic hydroxyl groups excluding tert-OH is 3. The average Bonchev–Trinajstić information content (AvgIpc) is 2.49. The molecule has 10 heteroatoms. The van der Waals surface area contributed by atoms with Crippen LogP contribution in [0.25, 0.3) is 0 Å². The summed E-state index contributed by atoms with van der Waals surface area (Å²) in [4.78, 5) is 46.4. The third-order valence-electron chi connectivity index (χ3n) is 4.04. The predicted molar refractivity (Wildman–Crippen MR) is 78.6 cm³/mol. The van der Waals surface area contributed by atoms with E-state index in [9.17, 15) is 44.7 Å². The lowest BCUT2D eigenvalue weighted by atomic mass is 9.67. The molecule has 0 rings (SSSR count). The van der Waals surface area contributed by atoms with Crippen molar-refractivity contribution in [2.45, 2.75) is 63.3 Å². The molecule has 0 aromatic carbocycles. The van der Waals surface area contributed by atoms with Crippen LogP contribution in [0.4, 0.5) is 0 Å². The SMILES string of the molecule is CC(=O)C(O)[C@@H](O)[C@](O)(C(C)=O)[C@@](O)(C(C)=O)[C@@H](O)C(N)C(C)=O. The van der Waals surface area contributed by atoms with Crippen LogP contribution in [0.3, 0.4) is 0 Å². The first-order valence-electron chi connectivity index (χ1n) is 6.94. The van der Waals surface area contributed by atoms with E-state index in [-0.39, 0.29) is 0 Å². The van der Waals surface area contributed by atoms with Gasteiger partial charge in [-0.05, 0) is 27.7 Å². The molecule has 0 aromatic heterocycles. The van der Waals surface area contributed by atoms with Gasteiger partial charge in [-0.3, -0.25) is 19.2 Å². The molecule has 6 atom stereocenters. The second-order valence-electron chi connectivity index (χ2n) is 5.73. The van der Waals surface area contributed by atoms with Crippen molar-refractivity contribution in [1.82, 2.24) is 0 Å². The van der Waals surface area contributed by atoms with Crippen LogP contribution < -0.4 is 5.73 Å².